The third-order valence-corrected chi connectivity index (χ3v) is 4.07. The summed E-state index contributed by atoms with van der Waals surface area (Å²) in [5.41, 5.74) is 1.74. The highest BCUT2D eigenvalue weighted by atomic mass is 35.5. The number of aryl methyl sites for hydroxylation is 2. The highest BCUT2D eigenvalue weighted by Crippen LogP contribution is 2.27. The number of anilines is 1. The van der Waals surface area contributed by atoms with E-state index in [1.165, 1.54) is 4.88 Å². The average molecular weight is 286 g/mol. The SMILES string of the molecule is Cc1nn(C)c(N(C)Cc2ccc(Cl)s2)c1CO. The molecular weight excluding hydrogens is 270 g/mol. The predicted molar refractivity (Wildman–Crippen MR) is 75.3 cm³/mol. The lowest BCUT2D eigenvalue weighted by Crippen LogP contribution is -2.20. The molecule has 0 amide bonds. The molecule has 0 saturated carbocycles. The Labute approximate surface area is 115 Å². The Hall–Kier alpha value is -1.04. The zero-order valence-corrected chi connectivity index (χ0v) is 12.2. The van der Waals surface area contributed by atoms with E-state index in [0.717, 1.165) is 28.0 Å². The molecule has 2 rings (SSSR count). The van der Waals surface area contributed by atoms with Crippen LogP contribution in [0.15, 0.2) is 12.1 Å². The van der Waals surface area contributed by atoms with Crippen molar-refractivity contribution < 1.29 is 5.11 Å². The normalized spacial score (nSPS) is 10.9. The van der Waals surface area contributed by atoms with E-state index in [-0.39, 0.29) is 6.61 Å². The quantitative estimate of drug-likeness (QED) is 0.939. The van der Waals surface area contributed by atoms with Gasteiger partial charge < -0.3 is 10.0 Å². The van der Waals surface area contributed by atoms with Crippen molar-refractivity contribution in [3.05, 3.63) is 32.6 Å². The van der Waals surface area contributed by atoms with Gasteiger partial charge in [0.05, 0.1) is 23.2 Å². The molecule has 0 radical (unpaired) electrons. The standard InChI is InChI=1S/C12H16ClN3OS/c1-8-10(7-17)12(16(3)14-8)15(2)6-9-4-5-11(13)18-9/h4-5,17H,6-7H2,1-3H3. The van der Waals surface area contributed by atoms with Crippen LogP contribution in [-0.2, 0) is 20.2 Å². The van der Waals surface area contributed by atoms with Gasteiger partial charge in [-0.3, -0.25) is 4.68 Å². The first-order chi connectivity index (χ1) is 8.52. The van der Waals surface area contributed by atoms with Crippen molar-refractivity contribution in [3.8, 4) is 0 Å². The van der Waals surface area contributed by atoms with Crippen molar-refractivity contribution in [2.75, 3.05) is 11.9 Å². The zero-order chi connectivity index (χ0) is 13.3. The summed E-state index contributed by atoms with van der Waals surface area (Å²) in [4.78, 5) is 3.26. The van der Waals surface area contributed by atoms with Gasteiger partial charge in [-0.15, -0.1) is 11.3 Å². The van der Waals surface area contributed by atoms with Crippen LogP contribution in [0.2, 0.25) is 4.34 Å². The molecule has 4 nitrogen and oxygen atoms in total. The molecule has 2 heterocycles. The third kappa shape index (κ3) is 2.53. The zero-order valence-electron chi connectivity index (χ0n) is 10.6. The molecule has 0 fully saturated rings. The number of halogens is 1. The maximum atomic E-state index is 9.43. The molecule has 0 unspecified atom stereocenters. The predicted octanol–water partition coefficient (Wildman–Crippen LogP) is 2.57. The third-order valence-electron chi connectivity index (χ3n) is 2.85. The van der Waals surface area contributed by atoms with Crippen LogP contribution in [0.5, 0.6) is 0 Å². The smallest absolute Gasteiger partial charge is 0.132 e. The van der Waals surface area contributed by atoms with E-state index >= 15 is 0 Å². The molecule has 0 aromatic carbocycles. The Kier molecular flexibility index (Phi) is 3.94. The van der Waals surface area contributed by atoms with E-state index in [1.807, 2.05) is 33.2 Å². The molecule has 0 atom stereocenters. The molecule has 0 bridgehead atoms. The Bertz CT molecular complexity index is 550. The minimum Gasteiger partial charge on any atom is -0.391 e. The molecule has 2 aromatic rings. The summed E-state index contributed by atoms with van der Waals surface area (Å²) in [6.45, 7) is 2.67. The first-order valence-corrected chi connectivity index (χ1v) is 6.81. The number of nitrogens with zero attached hydrogens (tertiary/aromatic N) is 3. The lowest BCUT2D eigenvalue weighted by atomic mass is 10.2. The van der Waals surface area contributed by atoms with Crippen molar-refractivity contribution in [2.24, 2.45) is 7.05 Å². The summed E-state index contributed by atoms with van der Waals surface area (Å²) in [5, 5.41) is 13.8. The van der Waals surface area contributed by atoms with E-state index in [4.69, 9.17) is 11.6 Å². The number of aromatic nitrogens is 2. The van der Waals surface area contributed by atoms with Gasteiger partial charge in [-0.05, 0) is 19.1 Å². The highest BCUT2D eigenvalue weighted by molar-refractivity contribution is 7.16. The molecule has 0 saturated heterocycles. The van der Waals surface area contributed by atoms with E-state index in [1.54, 1.807) is 16.0 Å². The largest absolute Gasteiger partial charge is 0.391 e. The highest BCUT2D eigenvalue weighted by Gasteiger charge is 2.16. The van der Waals surface area contributed by atoms with E-state index < -0.39 is 0 Å². The van der Waals surface area contributed by atoms with Crippen molar-refractivity contribution in [2.45, 2.75) is 20.1 Å². The minimum absolute atomic E-state index is 0.00451. The summed E-state index contributed by atoms with van der Waals surface area (Å²) in [5.74, 6) is 0.944. The van der Waals surface area contributed by atoms with E-state index in [0.29, 0.717) is 0 Å². The first kappa shape index (κ1) is 13.4. The van der Waals surface area contributed by atoms with Crippen LogP contribution in [0.1, 0.15) is 16.1 Å². The second kappa shape index (κ2) is 5.30. The van der Waals surface area contributed by atoms with Gasteiger partial charge in [0.15, 0.2) is 0 Å². The Morgan fingerprint density at radius 2 is 2.22 bits per heavy atom. The van der Waals surface area contributed by atoms with Crippen LogP contribution in [0.25, 0.3) is 0 Å². The maximum absolute atomic E-state index is 9.43. The van der Waals surface area contributed by atoms with Crippen LogP contribution in [0.4, 0.5) is 5.82 Å². The van der Waals surface area contributed by atoms with Crippen molar-refractivity contribution >= 4 is 28.8 Å². The van der Waals surface area contributed by atoms with E-state index in [9.17, 15) is 5.11 Å². The van der Waals surface area contributed by atoms with E-state index in [2.05, 4.69) is 10.00 Å². The fourth-order valence-corrected chi connectivity index (χ4v) is 3.24. The minimum atomic E-state index is 0.00451. The van der Waals surface area contributed by atoms with Gasteiger partial charge in [0.25, 0.3) is 0 Å². The van der Waals surface area contributed by atoms with Gasteiger partial charge >= 0.3 is 0 Å². The molecule has 0 aliphatic heterocycles. The number of thiophene rings is 1. The van der Waals surface area contributed by atoms with Crippen LogP contribution in [0, 0.1) is 6.92 Å². The molecule has 0 aliphatic carbocycles. The van der Waals surface area contributed by atoms with Crippen molar-refractivity contribution in [3.63, 3.8) is 0 Å². The van der Waals surface area contributed by atoms with Crippen LogP contribution in [0.3, 0.4) is 0 Å². The van der Waals surface area contributed by atoms with Gasteiger partial charge in [-0.1, -0.05) is 11.6 Å². The van der Waals surface area contributed by atoms with Crippen molar-refractivity contribution in [1.82, 2.24) is 9.78 Å². The fourth-order valence-electron chi connectivity index (χ4n) is 2.10. The maximum Gasteiger partial charge on any atom is 0.132 e. The molecule has 2 aromatic heterocycles. The molecule has 0 aliphatic rings. The summed E-state index contributed by atoms with van der Waals surface area (Å²) >= 11 is 7.49. The molecule has 98 valence electrons. The Balaban J connectivity index is 2.25. The molecular formula is C12H16ClN3OS. The molecule has 6 heteroatoms. The van der Waals surface area contributed by atoms with Gasteiger partial charge in [-0.25, -0.2) is 0 Å². The van der Waals surface area contributed by atoms with Gasteiger partial charge in [-0.2, -0.15) is 5.10 Å². The molecule has 0 spiro atoms. The van der Waals surface area contributed by atoms with Crippen LogP contribution in [-0.4, -0.2) is 21.9 Å². The topological polar surface area (TPSA) is 41.3 Å². The second-order valence-corrected chi connectivity index (χ2v) is 6.03. The molecule has 1 N–H and O–H groups in total. The molecule has 18 heavy (non-hydrogen) atoms. The lowest BCUT2D eigenvalue weighted by Gasteiger charge is -2.19. The van der Waals surface area contributed by atoms with Crippen LogP contribution < -0.4 is 4.90 Å². The Morgan fingerprint density at radius 3 is 2.78 bits per heavy atom. The Morgan fingerprint density at radius 1 is 1.50 bits per heavy atom. The number of rotatable bonds is 4. The summed E-state index contributed by atoms with van der Waals surface area (Å²) in [7, 11) is 3.88. The second-order valence-electron chi connectivity index (χ2n) is 4.23. The lowest BCUT2D eigenvalue weighted by molar-refractivity contribution is 0.281. The van der Waals surface area contributed by atoms with Gasteiger partial charge in [0, 0.05) is 24.5 Å². The number of hydrogen-bond acceptors (Lipinski definition) is 4. The first-order valence-electron chi connectivity index (χ1n) is 5.61. The van der Waals surface area contributed by atoms with Gasteiger partial charge in [0.1, 0.15) is 5.82 Å². The van der Waals surface area contributed by atoms with Crippen molar-refractivity contribution in [1.29, 1.82) is 0 Å². The monoisotopic (exact) mass is 285 g/mol. The fraction of sp³-hybridized carbons (Fsp3) is 0.417. The summed E-state index contributed by atoms with van der Waals surface area (Å²) < 4.78 is 2.60. The number of aliphatic hydroxyl groups is 1. The van der Waals surface area contributed by atoms with Crippen LogP contribution >= 0.6 is 22.9 Å². The number of hydrogen-bond donors (Lipinski definition) is 1. The summed E-state index contributed by atoms with van der Waals surface area (Å²) in [6.07, 6.45) is 0. The van der Waals surface area contributed by atoms with Gasteiger partial charge in [0.2, 0.25) is 0 Å². The average Bonchev–Trinajstić information content (AvgIpc) is 2.82. The summed E-state index contributed by atoms with van der Waals surface area (Å²) in [6, 6.07) is 3.92. The number of aliphatic hydroxyl groups excluding tert-OH is 1.